The van der Waals surface area contributed by atoms with Gasteiger partial charge in [0, 0.05) is 6.20 Å². The van der Waals surface area contributed by atoms with Gasteiger partial charge >= 0.3 is 5.97 Å². The molecular formula is C19H23N3O4. The van der Waals surface area contributed by atoms with E-state index in [2.05, 4.69) is 10.4 Å². The molecule has 2 N–H and O–H groups in total. The summed E-state index contributed by atoms with van der Waals surface area (Å²) in [6.07, 6.45) is 4.83. The topological polar surface area (TPSA) is 93.5 Å². The lowest BCUT2D eigenvalue weighted by Crippen LogP contribution is -2.48. The number of rotatable bonds is 6. The summed E-state index contributed by atoms with van der Waals surface area (Å²) in [5.41, 5.74) is 1.37. The van der Waals surface area contributed by atoms with Gasteiger partial charge in [0.05, 0.1) is 19.1 Å². The Kier molecular flexibility index (Phi) is 4.97. The molecule has 0 spiro atoms. The number of carbonyl (C=O) groups excluding carboxylic acids is 1. The number of carboxylic acids is 1. The van der Waals surface area contributed by atoms with Crippen LogP contribution in [0.5, 0.6) is 5.75 Å². The third-order valence-electron chi connectivity index (χ3n) is 4.83. The predicted molar refractivity (Wildman–Crippen MR) is 95.8 cm³/mol. The van der Waals surface area contributed by atoms with Gasteiger partial charge in [-0.1, -0.05) is 18.9 Å². The molecule has 7 nitrogen and oxygen atoms in total. The van der Waals surface area contributed by atoms with Crippen molar-refractivity contribution in [1.82, 2.24) is 15.1 Å². The molecule has 1 aromatic heterocycles. The third kappa shape index (κ3) is 3.71. The minimum Gasteiger partial charge on any atom is -0.494 e. The number of hydrogen-bond donors (Lipinski definition) is 2. The van der Waals surface area contributed by atoms with E-state index in [4.69, 9.17) is 4.74 Å². The normalized spacial score (nSPS) is 15.6. The Hall–Kier alpha value is -2.83. The first-order chi connectivity index (χ1) is 12.4. The zero-order valence-electron chi connectivity index (χ0n) is 15.0. The number of nitrogens with zero attached hydrogens (tertiary/aromatic N) is 2. The van der Waals surface area contributed by atoms with Gasteiger partial charge in [-0.05, 0) is 43.5 Å². The summed E-state index contributed by atoms with van der Waals surface area (Å²) in [7, 11) is 1.58. The SMILES string of the molecule is COc1ccc(C)cc1-n1ccc(C(=O)NC2(CC(=O)O)CCCC2)n1. The van der Waals surface area contributed by atoms with Gasteiger partial charge in [0.15, 0.2) is 5.69 Å². The van der Waals surface area contributed by atoms with Crippen LogP contribution < -0.4 is 10.1 Å². The Morgan fingerprint density at radius 3 is 2.69 bits per heavy atom. The maximum absolute atomic E-state index is 12.6. The van der Waals surface area contributed by atoms with Crippen LogP contribution in [0.15, 0.2) is 30.5 Å². The van der Waals surface area contributed by atoms with E-state index in [1.807, 2.05) is 25.1 Å². The number of carboxylic acid groups (broad SMARTS) is 1. The van der Waals surface area contributed by atoms with E-state index in [0.717, 1.165) is 24.1 Å². The van der Waals surface area contributed by atoms with Crippen LogP contribution in [0, 0.1) is 6.92 Å². The van der Waals surface area contributed by atoms with Gasteiger partial charge < -0.3 is 15.2 Å². The molecule has 0 saturated heterocycles. The minimum absolute atomic E-state index is 0.0643. The largest absolute Gasteiger partial charge is 0.494 e. The highest BCUT2D eigenvalue weighted by Gasteiger charge is 2.38. The molecule has 1 aliphatic carbocycles. The number of methoxy groups -OCH3 is 1. The van der Waals surface area contributed by atoms with E-state index in [0.29, 0.717) is 18.6 Å². The molecule has 1 saturated carbocycles. The highest BCUT2D eigenvalue weighted by atomic mass is 16.5. The monoisotopic (exact) mass is 357 g/mol. The number of amides is 1. The Morgan fingerprint density at radius 1 is 1.31 bits per heavy atom. The van der Waals surface area contributed by atoms with Gasteiger partial charge in [0.2, 0.25) is 0 Å². The molecule has 0 bridgehead atoms. The number of carbonyl (C=O) groups is 2. The molecule has 1 aromatic carbocycles. The summed E-state index contributed by atoms with van der Waals surface area (Å²) >= 11 is 0. The fourth-order valence-electron chi connectivity index (χ4n) is 3.55. The highest BCUT2D eigenvalue weighted by molar-refractivity contribution is 5.93. The van der Waals surface area contributed by atoms with E-state index in [9.17, 15) is 14.7 Å². The lowest BCUT2D eigenvalue weighted by Gasteiger charge is -2.28. The summed E-state index contributed by atoms with van der Waals surface area (Å²) in [5.74, 6) is -0.593. The molecule has 0 aliphatic heterocycles. The molecule has 7 heteroatoms. The maximum Gasteiger partial charge on any atom is 0.305 e. The lowest BCUT2D eigenvalue weighted by molar-refractivity contribution is -0.138. The van der Waals surface area contributed by atoms with Crippen molar-refractivity contribution < 1.29 is 19.4 Å². The van der Waals surface area contributed by atoms with Gasteiger partial charge in [-0.3, -0.25) is 9.59 Å². The number of aryl methyl sites for hydroxylation is 1. The van der Waals surface area contributed by atoms with Crippen LogP contribution in [0.25, 0.3) is 5.69 Å². The van der Waals surface area contributed by atoms with Crippen molar-refractivity contribution in [2.75, 3.05) is 7.11 Å². The van der Waals surface area contributed by atoms with Crippen molar-refractivity contribution in [1.29, 1.82) is 0 Å². The van der Waals surface area contributed by atoms with Crippen molar-refractivity contribution >= 4 is 11.9 Å². The van der Waals surface area contributed by atoms with Gasteiger partial charge in [-0.2, -0.15) is 5.10 Å². The van der Waals surface area contributed by atoms with Crippen LogP contribution in [0.1, 0.15) is 48.2 Å². The van der Waals surface area contributed by atoms with Crippen molar-refractivity contribution in [2.24, 2.45) is 0 Å². The van der Waals surface area contributed by atoms with E-state index >= 15 is 0 Å². The number of ether oxygens (including phenoxy) is 1. The molecule has 0 atom stereocenters. The smallest absolute Gasteiger partial charge is 0.305 e. The number of hydrogen-bond acceptors (Lipinski definition) is 4. The summed E-state index contributed by atoms with van der Waals surface area (Å²) in [6.45, 7) is 1.97. The average molecular weight is 357 g/mol. The molecule has 26 heavy (non-hydrogen) atoms. The zero-order chi connectivity index (χ0) is 18.7. The Balaban J connectivity index is 1.82. The second-order valence-corrected chi connectivity index (χ2v) is 6.83. The molecule has 1 heterocycles. The lowest BCUT2D eigenvalue weighted by atomic mass is 9.93. The van der Waals surface area contributed by atoms with Crippen molar-refractivity contribution in [2.45, 2.75) is 44.6 Å². The Labute approximate surface area is 152 Å². The van der Waals surface area contributed by atoms with E-state index in [1.165, 1.54) is 0 Å². The number of aliphatic carboxylic acids is 1. The quantitative estimate of drug-likeness (QED) is 0.829. The minimum atomic E-state index is -0.901. The van der Waals surface area contributed by atoms with Gasteiger partial charge in [0.1, 0.15) is 11.4 Å². The maximum atomic E-state index is 12.6. The van der Waals surface area contributed by atoms with Crippen molar-refractivity contribution in [3.63, 3.8) is 0 Å². The first-order valence-corrected chi connectivity index (χ1v) is 8.67. The van der Waals surface area contributed by atoms with Crippen molar-refractivity contribution in [3.05, 3.63) is 41.7 Å². The predicted octanol–water partition coefficient (Wildman–Crippen LogP) is 2.71. The standard InChI is InChI=1S/C19H23N3O4/c1-13-5-6-16(26-2)15(11-13)22-10-7-14(21-22)18(25)20-19(12-17(23)24)8-3-4-9-19/h5-7,10-11H,3-4,8-9,12H2,1-2H3,(H,20,25)(H,23,24). The fraction of sp³-hybridized carbons (Fsp3) is 0.421. The van der Waals surface area contributed by atoms with E-state index < -0.39 is 11.5 Å². The molecule has 1 fully saturated rings. The molecule has 1 aliphatic rings. The van der Waals surface area contributed by atoms with Crippen LogP contribution in [-0.4, -0.2) is 39.4 Å². The average Bonchev–Trinajstić information content (AvgIpc) is 3.24. The summed E-state index contributed by atoms with van der Waals surface area (Å²) in [5, 5.41) is 16.5. The first-order valence-electron chi connectivity index (χ1n) is 8.67. The van der Waals surface area contributed by atoms with Crippen LogP contribution in [0.2, 0.25) is 0 Å². The third-order valence-corrected chi connectivity index (χ3v) is 4.83. The van der Waals surface area contributed by atoms with Gasteiger partial charge in [-0.15, -0.1) is 0 Å². The van der Waals surface area contributed by atoms with E-state index in [-0.39, 0.29) is 18.0 Å². The van der Waals surface area contributed by atoms with Gasteiger partial charge in [-0.25, -0.2) is 4.68 Å². The molecular weight excluding hydrogens is 334 g/mol. The molecule has 1 amide bonds. The van der Waals surface area contributed by atoms with Crippen molar-refractivity contribution in [3.8, 4) is 11.4 Å². The second-order valence-electron chi connectivity index (χ2n) is 6.83. The van der Waals surface area contributed by atoms with Gasteiger partial charge in [0.25, 0.3) is 5.91 Å². The Bertz CT molecular complexity index is 822. The summed E-state index contributed by atoms with van der Waals surface area (Å²) in [6, 6.07) is 7.35. The molecule has 0 unspecified atom stereocenters. The molecule has 0 radical (unpaired) electrons. The summed E-state index contributed by atoms with van der Waals surface area (Å²) < 4.78 is 6.96. The second kappa shape index (κ2) is 7.19. The van der Waals surface area contributed by atoms with Crippen LogP contribution in [0.4, 0.5) is 0 Å². The van der Waals surface area contributed by atoms with Crippen LogP contribution >= 0.6 is 0 Å². The summed E-state index contributed by atoms with van der Waals surface area (Å²) in [4.78, 5) is 23.8. The first kappa shape index (κ1) is 18.0. The Morgan fingerprint density at radius 2 is 2.04 bits per heavy atom. The molecule has 2 aromatic rings. The number of aromatic nitrogens is 2. The fourth-order valence-corrected chi connectivity index (χ4v) is 3.55. The molecule has 3 rings (SSSR count). The van der Waals surface area contributed by atoms with Crippen LogP contribution in [-0.2, 0) is 4.79 Å². The molecule has 138 valence electrons. The van der Waals surface area contributed by atoms with E-state index in [1.54, 1.807) is 24.1 Å². The highest BCUT2D eigenvalue weighted by Crippen LogP contribution is 2.33. The zero-order valence-corrected chi connectivity index (χ0v) is 15.0. The van der Waals surface area contributed by atoms with Crippen LogP contribution in [0.3, 0.4) is 0 Å². The number of benzene rings is 1. The number of nitrogens with one attached hydrogen (secondary N) is 1.